The Balaban J connectivity index is 2.33. The Labute approximate surface area is 90.5 Å². The number of carbonyl (C=O) groups excluding carboxylic acids is 1. The molecule has 2 atom stereocenters. The molecule has 1 aliphatic rings. The third-order valence-electron chi connectivity index (χ3n) is 3.47. The first kappa shape index (κ1) is 10.2. The van der Waals surface area contributed by atoms with Gasteiger partial charge in [0.15, 0.2) is 0 Å². The molecule has 1 aliphatic carbocycles. The topological polar surface area (TPSA) is 43.1 Å². The summed E-state index contributed by atoms with van der Waals surface area (Å²) < 4.78 is 0. The first-order valence-corrected chi connectivity index (χ1v) is 5.57. The SMILES string of the molecule is CC(C(N)=O)[C@H]1CCCc2ccccc21. The van der Waals surface area contributed by atoms with Gasteiger partial charge in [-0.15, -0.1) is 0 Å². The van der Waals surface area contributed by atoms with E-state index < -0.39 is 0 Å². The predicted molar refractivity (Wildman–Crippen MR) is 60.5 cm³/mol. The van der Waals surface area contributed by atoms with Crippen molar-refractivity contribution in [1.82, 2.24) is 0 Å². The van der Waals surface area contributed by atoms with E-state index in [-0.39, 0.29) is 11.8 Å². The molecule has 1 aromatic rings. The molecular formula is C13H17NO. The van der Waals surface area contributed by atoms with Crippen LogP contribution in [-0.4, -0.2) is 5.91 Å². The first-order valence-electron chi connectivity index (χ1n) is 5.57. The summed E-state index contributed by atoms with van der Waals surface area (Å²) in [6, 6.07) is 8.41. The summed E-state index contributed by atoms with van der Waals surface area (Å²) in [5.41, 5.74) is 8.10. The van der Waals surface area contributed by atoms with Crippen molar-refractivity contribution < 1.29 is 4.79 Å². The largest absolute Gasteiger partial charge is 0.369 e. The predicted octanol–water partition coefficient (Wildman–Crippen LogP) is 2.23. The minimum Gasteiger partial charge on any atom is -0.369 e. The normalized spacial score (nSPS) is 21.8. The highest BCUT2D eigenvalue weighted by Crippen LogP contribution is 2.36. The molecule has 2 N–H and O–H groups in total. The zero-order valence-corrected chi connectivity index (χ0v) is 9.07. The number of fused-ring (bicyclic) bond motifs is 1. The average Bonchev–Trinajstić information content (AvgIpc) is 2.27. The Hall–Kier alpha value is -1.31. The smallest absolute Gasteiger partial charge is 0.220 e. The van der Waals surface area contributed by atoms with Crippen molar-refractivity contribution in [2.75, 3.05) is 0 Å². The monoisotopic (exact) mass is 203 g/mol. The van der Waals surface area contributed by atoms with Crippen LogP contribution in [0, 0.1) is 5.92 Å². The summed E-state index contributed by atoms with van der Waals surface area (Å²) in [4.78, 5) is 11.2. The Bertz CT molecular complexity index is 373. The van der Waals surface area contributed by atoms with Crippen molar-refractivity contribution in [3.8, 4) is 0 Å². The van der Waals surface area contributed by atoms with E-state index in [0.29, 0.717) is 5.92 Å². The minimum absolute atomic E-state index is 0.0496. The molecule has 2 heteroatoms. The number of carbonyl (C=O) groups is 1. The van der Waals surface area contributed by atoms with Gasteiger partial charge in [-0.1, -0.05) is 31.2 Å². The van der Waals surface area contributed by atoms with Crippen LogP contribution in [0.5, 0.6) is 0 Å². The number of hydrogen-bond donors (Lipinski definition) is 1. The standard InChI is InChI=1S/C13H17NO/c1-9(13(14)15)11-8-4-6-10-5-2-3-7-12(10)11/h2-3,5,7,9,11H,4,6,8H2,1H3,(H2,14,15)/t9?,11-/m1/s1. The van der Waals surface area contributed by atoms with Crippen molar-refractivity contribution in [1.29, 1.82) is 0 Å². The van der Waals surface area contributed by atoms with Gasteiger partial charge < -0.3 is 5.73 Å². The van der Waals surface area contributed by atoms with Gasteiger partial charge in [-0.2, -0.15) is 0 Å². The van der Waals surface area contributed by atoms with E-state index >= 15 is 0 Å². The second-order valence-corrected chi connectivity index (χ2v) is 4.39. The number of amides is 1. The fraction of sp³-hybridized carbons (Fsp3) is 0.462. The maximum Gasteiger partial charge on any atom is 0.220 e. The van der Waals surface area contributed by atoms with Gasteiger partial charge in [-0.05, 0) is 36.3 Å². The van der Waals surface area contributed by atoms with Gasteiger partial charge >= 0.3 is 0 Å². The van der Waals surface area contributed by atoms with Crippen LogP contribution in [0.25, 0.3) is 0 Å². The average molecular weight is 203 g/mol. The van der Waals surface area contributed by atoms with Crippen LogP contribution in [0.2, 0.25) is 0 Å². The number of primary amides is 1. The Morgan fingerprint density at radius 3 is 2.93 bits per heavy atom. The van der Waals surface area contributed by atoms with Gasteiger partial charge in [0.2, 0.25) is 5.91 Å². The zero-order valence-electron chi connectivity index (χ0n) is 9.07. The van der Waals surface area contributed by atoms with E-state index in [0.717, 1.165) is 12.8 Å². The maximum absolute atomic E-state index is 11.2. The molecule has 2 nitrogen and oxygen atoms in total. The van der Waals surface area contributed by atoms with Crippen LogP contribution < -0.4 is 5.73 Å². The van der Waals surface area contributed by atoms with Gasteiger partial charge in [0.05, 0.1) is 0 Å². The number of benzene rings is 1. The summed E-state index contributed by atoms with van der Waals surface area (Å²) in [6.07, 6.45) is 3.39. The molecule has 0 aliphatic heterocycles. The fourth-order valence-corrected chi connectivity index (χ4v) is 2.51. The second kappa shape index (κ2) is 4.05. The molecule has 0 aromatic heterocycles. The third kappa shape index (κ3) is 1.89. The molecule has 0 saturated heterocycles. The van der Waals surface area contributed by atoms with E-state index in [1.807, 2.05) is 13.0 Å². The Morgan fingerprint density at radius 1 is 1.47 bits per heavy atom. The van der Waals surface area contributed by atoms with Crippen LogP contribution in [-0.2, 0) is 11.2 Å². The van der Waals surface area contributed by atoms with Crippen molar-refractivity contribution in [3.05, 3.63) is 35.4 Å². The second-order valence-electron chi connectivity index (χ2n) is 4.39. The summed E-state index contributed by atoms with van der Waals surface area (Å²) in [5.74, 6) is 0.0932. The lowest BCUT2D eigenvalue weighted by atomic mass is 9.76. The summed E-state index contributed by atoms with van der Waals surface area (Å²) in [5, 5.41) is 0. The van der Waals surface area contributed by atoms with E-state index in [2.05, 4.69) is 18.2 Å². The van der Waals surface area contributed by atoms with Gasteiger partial charge in [0, 0.05) is 5.92 Å². The maximum atomic E-state index is 11.2. The lowest BCUT2D eigenvalue weighted by molar-refractivity contribution is -0.122. The van der Waals surface area contributed by atoms with Gasteiger partial charge in [-0.25, -0.2) is 0 Å². The van der Waals surface area contributed by atoms with Crippen molar-refractivity contribution >= 4 is 5.91 Å². The Morgan fingerprint density at radius 2 is 2.20 bits per heavy atom. The summed E-state index contributed by atoms with van der Waals surface area (Å²) in [7, 11) is 0. The molecule has 0 fully saturated rings. The zero-order chi connectivity index (χ0) is 10.8. The highest BCUT2D eigenvalue weighted by atomic mass is 16.1. The lowest BCUT2D eigenvalue weighted by Gasteiger charge is -2.28. The van der Waals surface area contributed by atoms with Crippen LogP contribution in [0.3, 0.4) is 0 Å². The number of nitrogens with two attached hydrogens (primary N) is 1. The van der Waals surface area contributed by atoms with Crippen molar-refractivity contribution in [2.45, 2.75) is 32.1 Å². The molecule has 80 valence electrons. The van der Waals surface area contributed by atoms with Crippen LogP contribution >= 0.6 is 0 Å². The molecule has 0 saturated carbocycles. The van der Waals surface area contributed by atoms with Crippen LogP contribution in [0.4, 0.5) is 0 Å². The number of aryl methyl sites for hydroxylation is 1. The molecule has 0 heterocycles. The Kier molecular flexibility index (Phi) is 2.76. The number of hydrogen-bond acceptors (Lipinski definition) is 1. The van der Waals surface area contributed by atoms with Gasteiger partial charge in [0.25, 0.3) is 0 Å². The first-order chi connectivity index (χ1) is 7.20. The number of rotatable bonds is 2. The van der Waals surface area contributed by atoms with E-state index in [9.17, 15) is 4.79 Å². The van der Waals surface area contributed by atoms with Gasteiger partial charge in [0.1, 0.15) is 0 Å². The van der Waals surface area contributed by atoms with E-state index in [1.54, 1.807) is 0 Å². The molecular weight excluding hydrogens is 186 g/mol. The van der Waals surface area contributed by atoms with Crippen LogP contribution in [0.15, 0.2) is 24.3 Å². The summed E-state index contributed by atoms with van der Waals surface area (Å²) in [6.45, 7) is 1.94. The van der Waals surface area contributed by atoms with Crippen LogP contribution in [0.1, 0.15) is 36.8 Å². The van der Waals surface area contributed by atoms with E-state index in [4.69, 9.17) is 5.73 Å². The third-order valence-corrected chi connectivity index (χ3v) is 3.47. The fourth-order valence-electron chi connectivity index (χ4n) is 2.51. The highest BCUT2D eigenvalue weighted by molar-refractivity contribution is 5.77. The molecule has 0 bridgehead atoms. The molecule has 2 rings (SSSR count). The van der Waals surface area contributed by atoms with Crippen molar-refractivity contribution in [3.63, 3.8) is 0 Å². The molecule has 1 aromatic carbocycles. The van der Waals surface area contributed by atoms with E-state index in [1.165, 1.54) is 17.5 Å². The van der Waals surface area contributed by atoms with Gasteiger partial charge in [-0.3, -0.25) is 4.79 Å². The summed E-state index contributed by atoms with van der Waals surface area (Å²) >= 11 is 0. The molecule has 0 radical (unpaired) electrons. The lowest BCUT2D eigenvalue weighted by Crippen LogP contribution is -2.28. The molecule has 1 unspecified atom stereocenters. The molecule has 0 spiro atoms. The highest BCUT2D eigenvalue weighted by Gasteiger charge is 2.27. The molecule has 15 heavy (non-hydrogen) atoms. The molecule has 1 amide bonds. The van der Waals surface area contributed by atoms with Crippen molar-refractivity contribution in [2.24, 2.45) is 11.7 Å². The quantitative estimate of drug-likeness (QED) is 0.787. The minimum atomic E-state index is -0.184.